The summed E-state index contributed by atoms with van der Waals surface area (Å²) in [6.45, 7) is 0.706. The van der Waals surface area contributed by atoms with Gasteiger partial charge in [0.25, 0.3) is 0 Å². The van der Waals surface area contributed by atoms with Crippen LogP contribution < -0.4 is 10.6 Å². The summed E-state index contributed by atoms with van der Waals surface area (Å²) in [6.07, 6.45) is 7.14. The van der Waals surface area contributed by atoms with E-state index in [4.69, 9.17) is 0 Å². The van der Waals surface area contributed by atoms with Gasteiger partial charge in [-0.2, -0.15) is 0 Å². The third-order valence-corrected chi connectivity index (χ3v) is 6.23. The van der Waals surface area contributed by atoms with Gasteiger partial charge >= 0.3 is 5.97 Å². The second-order valence-corrected chi connectivity index (χ2v) is 7.86. The molecule has 2 N–H and O–H groups in total. The number of amides is 2. The Morgan fingerprint density at radius 2 is 1.96 bits per heavy atom. The van der Waals surface area contributed by atoms with Crippen LogP contribution in [0.3, 0.4) is 0 Å². The summed E-state index contributed by atoms with van der Waals surface area (Å²) < 4.78 is 4.37. The predicted molar refractivity (Wildman–Crippen MR) is 94.1 cm³/mol. The molecule has 1 aliphatic rings. The molecular weight excluding hydrogens is 336 g/mol. The lowest BCUT2D eigenvalue weighted by Gasteiger charge is -2.08. The van der Waals surface area contributed by atoms with Crippen molar-refractivity contribution in [3.05, 3.63) is 12.2 Å². The summed E-state index contributed by atoms with van der Waals surface area (Å²) in [5.74, 6) is 0.286. The zero-order chi connectivity index (χ0) is 16.9. The summed E-state index contributed by atoms with van der Waals surface area (Å²) >= 11 is 0. The van der Waals surface area contributed by atoms with Gasteiger partial charge in [0.1, 0.15) is 0 Å². The summed E-state index contributed by atoms with van der Waals surface area (Å²) in [4.78, 5) is 33.7. The van der Waals surface area contributed by atoms with Crippen LogP contribution in [0.25, 0.3) is 0 Å². The monoisotopic (exact) mass is 360 g/mol. The third kappa shape index (κ3) is 10.3. The van der Waals surface area contributed by atoms with Crippen molar-refractivity contribution in [2.24, 2.45) is 0 Å². The summed E-state index contributed by atoms with van der Waals surface area (Å²) in [5, 5.41) is 6.09. The van der Waals surface area contributed by atoms with E-state index in [9.17, 15) is 14.4 Å². The molecule has 0 radical (unpaired) electrons. The minimum atomic E-state index is -0.581. The van der Waals surface area contributed by atoms with E-state index >= 15 is 0 Å². The Balaban J connectivity index is 1.95. The van der Waals surface area contributed by atoms with E-state index in [2.05, 4.69) is 15.4 Å². The molecule has 0 saturated carbocycles. The molecule has 6 nitrogen and oxygen atoms in total. The van der Waals surface area contributed by atoms with Crippen molar-refractivity contribution < 1.29 is 19.1 Å². The summed E-state index contributed by atoms with van der Waals surface area (Å²) in [5.41, 5.74) is 0. The number of carbonyl (C=O) groups is 3. The standard InChI is InChI=1S/C15H24N2O4S2/c1-21-15(20)7-6-14(19)17-10-9-16-13(18)5-3-2-4-12-8-11-22-23-12/h6-7,12H,2-5,8-11H2,1H3,(H,16,18)(H,17,19)/b7-6+/t12-/m1/s1. The first-order chi connectivity index (χ1) is 11.1. The first-order valence-electron chi connectivity index (χ1n) is 7.70. The van der Waals surface area contributed by atoms with E-state index in [1.807, 2.05) is 21.6 Å². The molecule has 130 valence electrons. The van der Waals surface area contributed by atoms with Crippen molar-refractivity contribution in [1.82, 2.24) is 10.6 Å². The normalized spacial score (nSPS) is 17.2. The van der Waals surface area contributed by atoms with Crippen LogP contribution in [-0.4, -0.2) is 49.0 Å². The van der Waals surface area contributed by atoms with Gasteiger partial charge in [-0.15, -0.1) is 0 Å². The average Bonchev–Trinajstić information content (AvgIpc) is 3.06. The highest BCUT2D eigenvalue weighted by atomic mass is 33.1. The molecule has 1 heterocycles. The molecule has 1 saturated heterocycles. The number of unbranched alkanes of at least 4 members (excludes halogenated alkanes) is 1. The number of hydrogen-bond donors (Lipinski definition) is 2. The molecule has 0 spiro atoms. The van der Waals surface area contributed by atoms with Crippen molar-refractivity contribution in [3.8, 4) is 0 Å². The van der Waals surface area contributed by atoms with Crippen molar-refractivity contribution in [2.45, 2.75) is 37.4 Å². The van der Waals surface area contributed by atoms with E-state index in [0.717, 1.165) is 30.2 Å². The van der Waals surface area contributed by atoms with Crippen LogP contribution in [-0.2, 0) is 19.1 Å². The number of ether oxygens (including phenoxy) is 1. The van der Waals surface area contributed by atoms with Gasteiger partial charge in [-0.1, -0.05) is 28.0 Å². The van der Waals surface area contributed by atoms with Crippen LogP contribution >= 0.6 is 21.6 Å². The molecule has 2 amide bonds. The molecule has 1 aliphatic heterocycles. The molecule has 0 aromatic rings. The van der Waals surface area contributed by atoms with Crippen molar-refractivity contribution in [2.75, 3.05) is 26.0 Å². The third-order valence-electron chi connectivity index (χ3n) is 3.23. The number of hydrogen-bond acceptors (Lipinski definition) is 6. The van der Waals surface area contributed by atoms with Crippen LogP contribution in [0.2, 0.25) is 0 Å². The van der Waals surface area contributed by atoms with Gasteiger partial charge in [0.05, 0.1) is 7.11 Å². The lowest BCUT2D eigenvalue weighted by Crippen LogP contribution is -2.33. The van der Waals surface area contributed by atoms with Gasteiger partial charge in [-0.25, -0.2) is 4.79 Å². The highest BCUT2D eigenvalue weighted by Gasteiger charge is 2.15. The largest absolute Gasteiger partial charge is 0.466 e. The van der Waals surface area contributed by atoms with Gasteiger partial charge < -0.3 is 15.4 Å². The van der Waals surface area contributed by atoms with Crippen LogP contribution in [0.1, 0.15) is 32.1 Å². The lowest BCUT2D eigenvalue weighted by molar-refractivity contribution is -0.135. The van der Waals surface area contributed by atoms with Gasteiger partial charge in [-0.05, 0) is 19.3 Å². The van der Waals surface area contributed by atoms with Crippen molar-refractivity contribution in [3.63, 3.8) is 0 Å². The van der Waals surface area contributed by atoms with E-state index in [-0.39, 0.29) is 5.91 Å². The van der Waals surface area contributed by atoms with Crippen LogP contribution in [0.5, 0.6) is 0 Å². The maximum Gasteiger partial charge on any atom is 0.330 e. The molecular formula is C15H24N2O4S2. The molecule has 0 unspecified atom stereocenters. The molecule has 0 aliphatic carbocycles. The Bertz CT molecular complexity index is 424. The molecule has 1 rings (SSSR count). The lowest BCUT2D eigenvalue weighted by atomic mass is 10.1. The minimum absolute atomic E-state index is 0.0119. The van der Waals surface area contributed by atoms with Crippen LogP contribution in [0.4, 0.5) is 0 Å². The number of esters is 1. The molecule has 8 heteroatoms. The molecule has 23 heavy (non-hydrogen) atoms. The van der Waals surface area contributed by atoms with E-state index in [1.165, 1.54) is 25.7 Å². The number of nitrogens with one attached hydrogen (secondary N) is 2. The second kappa shape index (κ2) is 12.3. The Morgan fingerprint density at radius 3 is 2.65 bits per heavy atom. The summed E-state index contributed by atoms with van der Waals surface area (Å²) in [6, 6.07) is 0. The van der Waals surface area contributed by atoms with E-state index < -0.39 is 11.9 Å². The molecule has 0 aromatic heterocycles. The van der Waals surface area contributed by atoms with Crippen LogP contribution in [0.15, 0.2) is 12.2 Å². The Labute approximate surface area is 144 Å². The number of rotatable bonds is 10. The first-order valence-corrected chi connectivity index (χ1v) is 10.1. The average molecular weight is 361 g/mol. The maximum absolute atomic E-state index is 11.6. The maximum atomic E-state index is 11.6. The zero-order valence-electron chi connectivity index (χ0n) is 13.3. The van der Waals surface area contributed by atoms with E-state index in [1.54, 1.807) is 0 Å². The minimum Gasteiger partial charge on any atom is -0.466 e. The molecule has 1 atom stereocenters. The van der Waals surface area contributed by atoms with E-state index in [0.29, 0.717) is 19.5 Å². The van der Waals surface area contributed by atoms with Crippen LogP contribution in [0, 0.1) is 0 Å². The Kier molecular flexibility index (Phi) is 10.6. The fourth-order valence-electron chi connectivity index (χ4n) is 1.97. The number of methoxy groups -OCH3 is 1. The van der Waals surface area contributed by atoms with Gasteiger partial charge in [-0.3, -0.25) is 9.59 Å². The predicted octanol–water partition coefficient (Wildman–Crippen LogP) is 1.66. The van der Waals surface area contributed by atoms with Gasteiger partial charge in [0.2, 0.25) is 11.8 Å². The molecule has 1 fully saturated rings. The SMILES string of the molecule is COC(=O)/C=C/C(=O)NCCNC(=O)CCCC[C@@H]1CCSS1. The van der Waals surface area contributed by atoms with Gasteiger partial charge in [0, 0.05) is 42.7 Å². The highest BCUT2D eigenvalue weighted by molar-refractivity contribution is 8.77. The number of carbonyl (C=O) groups excluding carboxylic acids is 3. The zero-order valence-corrected chi connectivity index (χ0v) is 15.0. The Morgan fingerprint density at radius 1 is 1.17 bits per heavy atom. The highest BCUT2D eigenvalue weighted by Crippen LogP contribution is 2.39. The van der Waals surface area contributed by atoms with Crippen molar-refractivity contribution >= 4 is 39.4 Å². The fourth-order valence-corrected chi connectivity index (χ4v) is 5.00. The quantitative estimate of drug-likeness (QED) is 0.267. The molecule has 0 aromatic carbocycles. The van der Waals surface area contributed by atoms with Gasteiger partial charge in [0.15, 0.2) is 0 Å². The molecule has 0 bridgehead atoms. The topological polar surface area (TPSA) is 84.5 Å². The Hall–Kier alpha value is -1.15. The first kappa shape index (κ1) is 19.9. The fraction of sp³-hybridized carbons (Fsp3) is 0.667. The van der Waals surface area contributed by atoms with Crippen molar-refractivity contribution in [1.29, 1.82) is 0 Å². The second-order valence-electron chi connectivity index (χ2n) is 5.07. The summed E-state index contributed by atoms with van der Waals surface area (Å²) in [7, 11) is 5.15. The smallest absolute Gasteiger partial charge is 0.330 e.